The Kier molecular flexibility index (Phi) is 2.59. The highest BCUT2D eigenvalue weighted by Gasteiger charge is 2.51. The van der Waals surface area contributed by atoms with Crippen molar-refractivity contribution in [3.8, 4) is 0 Å². The molecule has 1 aromatic rings. The van der Waals surface area contributed by atoms with Crippen molar-refractivity contribution in [2.45, 2.75) is 50.5 Å². The van der Waals surface area contributed by atoms with E-state index in [-0.39, 0.29) is 5.60 Å². The van der Waals surface area contributed by atoms with Gasteiger partial charge in [-0.15, -0.1) is 5.10 Å². The Bertz CT molecular complexity index is 434. The molecule has 4 aliphatic carbocycles. The predicted molar refractivity (Wildman–Crippen MR) is 71.4 cm³/mol. The second-order valence-corrected chi connectivity index (χ2v) is 6.84. The zero-order chi connectivity index (χ0) is 12.9. The first-order valence-corrected chi connectivity index (χ1v) is 7.51. The van der Waals surface area contributed by atoms with Crippen LogP contribution in [0.1, 0.15) is 44.3 Å². The summed E-state index contributed by atoms with van der Waals surface area (Å²) in [5.41, 5.74) is 5.70. The molecular weight excluding hydrogens is 240 g/mol. The normalized spacial score (nSPS) is 39.9. The number of rotatable bonds is 4. The fourth-order valence-corrected chi connectivity index (χ4v) is 4.99. The minimum Gasteiger partial charge on any atom is -0.375 e. The molecule has 0 radical (unpaired) electrons. The van der Waals surface area contributed by atoms with Crippen molar-refractivity contribution in [2.75, 3.05) is 12.3 Å². The summed E-state index contributed by atoms with van der Waals surface area (Å²) in [5, 5.41) is 6.70. The fraction of sp³-hybridized carbons (Fsp3) is 0.857. The number of anilines is 1. The molecule has 5 nitrogen and oxygen atoms in total. The number of nitrogen functional groups attached to an aromatic ring is 1. The maximum Gasteiger partial charge on any atom is 0.239 e. The predicted octanol–water partition coefficient (Wildman–Crippen LogP) is 1.91. The molecule has 0 saturated heterocycles. The third-order valence-corrected chi connectivity index (χ3v) is 5.28. The number of aromatic amines is 1. The average molecular weight is 262 g/mol. The summed E-state index contributed by atoms with van der Waals surface area (Å²) in [6, 6.07) is 0. The molecule has 0 aromatic carbocycles. The maximum absolute atomic E-state index is 6.33. The van der Waals surface area contributed by atoms with Gasteiger partial charge in [0.2, 0.25) is 5.95 Å². The van der Waals surface area contributed by atoms with Gasteiger partial charge in [0.15, 0.2) is 0 Å². The van der Waals surface area contributed by atoms with Gasteiger partial charge in [-0.1, -0.05) is 0 Å². The fourth-order valence-electron chi connectivity index (χ4n) is 4.99. The third-order valence-electron chi connectivity index (χ3n) is 5.28. The van der Waals surface area contributed by atoms with E-state index in [2.05, 4.69) is 15.2 Å². The van der Waals surface area contributed by atoms with E-state index < -0.39 is 0 Å². The van der Waals surface area contributed by atoms with Gasteiger partial charge in [-0.25, -0.2) is 0 Å². The summed E-state index contributed by atoms with van der Waals surface area (Å²) in [7, 11) is 0. The Morgan fingerprint density at radius 1 is 1.16 bits per heavy atom. The third kappa shape index (κ3) is 2.14. The SMILES string of the molecule is Nc1n[nH]c(CCOC23CC4CC(CC(C4)C2)C3)n1. The van der Waals surface area contributed by atoms with E-state index in [1.807, 2.05) is 0 Å². The lowest BCUT2D eigenvalue weighted by atomic mass is 9.54. The molecule has 0 aliphatic heterocycles. The van der Waals surface area contributed by atoms with Crippen LogP contribution in [0.2, 0.25) is 0 Å². The lowest BCUT2D eigenvalue weighted by Gasteiger charge is -2.56. The molecule has 0 unspecified atom stereocenters. The quantitative estimate of drug-likeness (QED) is 0.869. The van der Waals surface area contributed by atoms with E-state index in [0.717, 1.165) is 36.6 Å². The average Bonchev–Trinajstić information content (AvgIpc) is 2.73. The molecule has 1 aromatic heterocycles. The molecule has 0 spiro atoms. The Hall–Kier alpha value is -1.10. The molecule has 19 heavy (non-hydrogen) atoms. The van der Waals surface area contributed by atoms with Crippen LogP contribution < -0.4 is 5.73 Å². The highest BCUT2D eigenvalue weighted by molar-refractivity contribution is 5.12. The van der Waals surface area contributed by atoms with Crippen molar-refractivity contribution < 1.29 is 4.74 Å². The van der Waals surface area contributed by atoms with Crippen molar-refractivity contribution in [3.05, 3.63) is 5.82 Å². The van der Waals surface area contributed by atoms with Crippen molar-refractivity contribution in [1.29, 1.82) is 0 Å². The minimum absolute atomic E-state index is 0.195. The van der Waals surface area contributed by atoms with Gasteiger partial charge < -0.3 is 10.5 Å². The van der Waals surface area contributed by atoms with Gasteiger partial charge in [0, 0.05) is 6.42 Å². The number of hydrogen-bond donors (Lipinski definition) is 2. The number of ether oxygens (including phenoxy) is 1. The highest BCUT2D eigenvalue weighted by Crippen LogP contribution is 2.57. The van der Waals surface area contributed by atoms with Gasteiger partial charge in [-0.2, -0.15) is 4.98 Å². The van der Waals surface area contributed by atoms with Crippen LogP contribution in [0.4, 0.5) is 5.95 Å². The Morgan fingerprint density at radius 2 is 1.79 bits per heavy atom. The molecule has 5 heteroatoms. The first-order valence-electron chi connectivity index (χ1n) is 7.51. The number of nitrogens with one attached hydrogen (secondary N) is 1. The van der Waals surface area contributed by atoms with Gasteiger partial charge >= 0.3 is 0 Å². The molecule has 104 valence electrons. The van der Waals surface area contributed by atoms with Crippen LogP contribution in [-0.2, 0) is 11.2 Å². The van der Waals surface area contributed by atoms with Gasteiger partial charge in [0.1, 0.15) is 5.82 Å². The van der Waals surface area contributed by atoms with Gasteiger partial charge in [-0.3, -0.25) is 5.10 Å². The van der Waals surface area contributed by atoms with Gasteiger partial charge in [-0.05, 0) is 56.3 Å². The monoisotopic (exact) mass is 262 g/mol. The largest absolute Gasteiger partial charge is 0.375 e. The van der Waals surface area contributed by atoms with E-state index in [4.69, 9.17) is 10.5 Å². The summed E-state index contributed by atoms with van der Waals surface area (Å²) in [6.07, 6.45) is 9.03. The second kappa shape index (κ2) is 4.20. The number of aromatic nitrogens is 3. The molecule has 3 N–H and O–H groups in total. The topological polar surface area (TPSA) is 76.8 Å². The van der Waals surface area contributed by atoms with E-state index in [9.17, 15) is 0 Å². The number of hydrogen-bond acceptors (Lipinski definition) is 4. The Morgan fingerprint density at radius 3 is 2.32 bits per heavy atom. The van der Waals surface area contributed by atoms with Crippen LogP contribution in [0, 0.1) is 17.8 Å². The molecule has 0 amide bonds. The van der Waals surface area contributed by atoms with Crippen molar-refractivity contribution in [3.63, 3.8) is 0 Å². The van der Waals surface area contributed by atoms with Crippen molar-refractivity contribution in [2.24, 2.45) is 17.8 Å². The van der Waals surface area contributed by atoms with Crippen molar-refractivity contribution >= 4 is 5.95 Å². The summed E-state index contributed by atoms with van der Waals surface area (Å²) in [5.74, 6) is 3.97. The van der Waals surface area contributed by atoms with Crippen LogP contribution in [0.15, 0.2) is 0 Å². The summed E-state index contributed by atoms with van der Waals surface area (Å²) < 4.78 is 6.33. The standard InChI is InChI=1S/C14H22N4O/c15-13-16-12(17-18-13)1-2-19-14-6-9-3-10(7-14)5-11(4-9)8-14/h9-11H,1-8H2,(H3,15,16,17,18). The Balaban J connectivity index is 1.37. The molecule has 0 atom stereocenters. The lowest BCUT2D eigenvalue weighted by molar-refractivity contribution is -0.161. The minimum atomic E-state index is 0.195. The molecular formula is C14H22N4O. The van der Waals surface area contributed by atoms with E-state index in [1.165, 1.54) is 38.5 Å². The van der Waals surface area contributed by atoms with E-state index in [0.29, 0.717) is 5.95 Å². The van der Waals surface area contributed by atoms with Crippen LogP contribution in [-0.4, -0.2) is 27.4 Å². The van der Waals surface area contributed by atoms with Crippen LogP contribution in [0.5, 0.6) is 0 Å². The lowest BCUT2D eigenvalue weighted by Crippen LogP contribution is -2.52. The van der Waals surface area contributed by atoms with Crippen LogP contribution in [0.25, 0.3) is 0 Å². The summed E-state index contributed by atoms with van der Waals surface area (Å²) in [6.45, 7) is 0.737. The second-order valence-electron chi connectivity index (χ2n) is 6.84. The zero-order valence-corrected chi connectivity index (χ0v) is 11.3. The van der Waals surface area contributed by atoms with Gasteiger partial charge in [0.05, 0.1) is 12.2 Å². The Labute approximate surface area is 113 Å². The van der Waals surface area contributed by atoms with E-state index in [1.54, 1.807) is 0 Å². The van der Waals surface area contributed by atoms with Crippen molar-refractivity contribution in [1.82, 2.24) is 15.2 Å². The molecule has 4 aliphatic rings. The molecule has 1 heterocycles. The first kappa shape index (κ1) is 11.7. The van der Waals surface area contributed by atoms with Crippen LogP contribution in [0.3, 0.4) is 0 Å². The molecule has 4 saturated carbocycles. The molecule has 5 rings (SSSR count). The zero-order valence-electron chi connectivity index (χ0n) is 11.3. The van der Waals surface area contributed by atoms with Crippen LogP contribution >= 0.6 is 0 Å². The maximum atomic E-state index is 6.33. The van der Waals surface area contributed by atoms with E-state index >= 15 is 0 Å². The highest BCUT2D eigenvalue weighted by atomic mass is 16.5. The smallest absolute Gasteiger partial charge is 0.239 e. The number of nitrogens with zero attached hydrogens (tertiary/aromatic N) is 2. The summed E-state index contributed by atoms with van der Waals surface area (Å²) in [4.78, 5) is 4.13. The number of H-pyrrole nitrogens is 1. The van der Waals surface area contributed by atoms with Gasteiger partial charge in [0.25, 0.3) is 0 Å². The molecule has 4 bridgehead atoms. The molecule has 4 fully saturated rings. The number of nitrogens with two attached hydrogens (primary N) is 1. The first-order chi connectivity index (χ1) is 9.21. The summed E-state index contributed by atoms with van der Waals surface area (Å²) >= 11 is 0.